The molecule has 1 N–H and O–H groups in total. The molecule has 1 heterocycles. The molecule has 70 valence electrons. The fourth-order valence-electron chi connectivity index (χ4n) is 1.41. The van der Waals surface area contributed by atoms with E-state index in [2.05, 4.69) is 0 Å². The second kappa shape index (κ2) is 3.53. The minimum Gasteiger partial charge on any atom is -0.393 e. The molecule has 1 saturated heterocycles. The van der Waals surface area contributed by atoms with Gasteiger partial charge in [-0.05, 0) is 6.42 Å². The number of carbonyl (C=O) groups excluding carboxylic acids is 1. The Bertz CT molecular complexity index is 257. The zero-order chi connectivity index (χ0) is 9.19. The van der Waals surface area contributed by atoms with Gasteiger partial charge in [0.05, 0.1) is 17.6 Å². The van der Waals surface area contributed by atoms with Crippen LogP contribution in [-0.4, -0.2) is 37.4 Å². The summed E-state index contributed by atoms with van der Waals surface area (Å²) < 4.78 is 22.1. The first-order valence-corrected chi connectivity index (χ1v) is 5.69. The second-order valence-electron chi connectivity index (χ2n) is 3.13. The Balaban J connectivity index is 2.65. The Morgan fingerprint density at radius 3 is 2.75 bits per heavy atom. The predicted octanol–water partition coefficient (Wildman–Crippen LogP) is -0.629. The molecule has 0 aromatic carbocycles. The smallest absolute Gasteiger partial charge is 0.150 e. The van der Waals surface area contributed by atoms with Crippen LogP contribution in [0.25, 0.3) is 0 Å². The highest BCUT2D eigenvalue weighted by molar-refractivity contribution is 7.91. The molecular weight excluding hydrogens is 180 g/mol. The highest BCUT2D eigenvalue weighted by atomic mass is 32.2. The molecule has 5 heteroatoms. The van der Waals surface area contributed by atoms with Crippen molar-refractivity contribution in [3.8, 4) is 0 Å². The summed E-state index contributed by atoms with van der Waals surface area (Å²) in [4.78, 5) is 10.1. The largest absolute Gasteiger partial charge is 0.393 e. The van der Waals surface area contributed by atoms with Gasteiger partial charge in [0.2, 0.25) is 0 Å². The monoisotopic (exact) mass is 192 g/mol. The molecule has 0 amide bonds. The molecule has 2 atom stereocenters. The van der Waals surface area contributed by atoms with Crippen LogP contribution in [0.4, 0.5) is 0 Å². The molecule has 0 saturated carbocycles. The Kier molecular flexibility index (Phi) is 2.85. The molecule has 0 radical (unpaired) electrons. The molecule has 1 aliphatic heterocycles. The van der Waals surface area contributed by atoms with Gasteiger partial charge in [0.15, 0.2) is 9.84 Å². The van der Waals surface area contributed by atoms with Gasteiger partial charge >= 0.3 is 0 Å². The first-order valence-electron chi connectivity index (χ1n) is 3.87. The van der Waals surface area contributed by atoms with Crippen molar-refractivity contribution in [1.82, 2.24) is 0 Å². The predicted molar refractivity (Wildman–Crippen MR) is 43.4 cm³/mol. The molecule has 0 aromatic heterocycles. The summed E-state index contributed by atoms with van der Waals surface area (Å²) in [5.41, 5.74) is 0. The van der Waals surface area contributed by atoms with Crippen LogP contribution in [-0.2, 0) is 14.6 Å². The van der Waals surface area contributed by atoms with Gasteiger partial charge in [-0.1, -0.05) is 0 Å². The minimum absolute atomic E-state index is 0.0452. The van der Waals surface area contributed by atoms with Crippen molar-refractivity contribution in [3.05, 3.63) is 0 Å². The number of hydrogen-bond acceptors (Lipinski definition) is 4. The van der Waals surface area contributed by atoms with Crippen LogP contribution in [0.3, 0.4) is 0 Å². The molecule has 0 bridgehead atoms. The summed E-state index contributed by atoms with van der Waals surface area (Å²) in [6.45, 7) is 0. The average molecular weight is 192 g/mol. The van der Waals surface area contributed by atoms with Crippen LogP contribution in [0.15, 0.2) is 0 Å². The van der Waals surface area contributed by atoms with E-state index in [1.165, 1.54) is 0 Å². The molecule has 12 heavy (non-hydrogen) atoms. The molecule has 1 rings (SSSR count). The van der Waals surface area contributed by atoms with Crippen LogP contribution in [0.1, 0.15) is 12.8 Å². The fraction of sp³-hybridized carbons (Fsp3) is 0.857. The average Bonchev–Trinajstić information content (AvgIpc) is 1.97. The first kappa shape index (κ1) is 9.67. The number of sulfone groups is 1. The van der Waals surface area contributed by atoms with Crippen LogP contribution >= 0.6 is 0 Å². The lowest BCUT2D eigenvalue weighted by atomic mass is 9.99. The number of carbonyl (C=O) groups is 1. The fourth-order valence-corrected chi connectivity index (χ4v) is 3.18. The molecule has 2 unspecified atom stereocenters. The second-order valence-corrected chi connectivity index (χ2v) is 5.36. The Hall–Kier alpha value is -0.420. The van der Waals surface area contributed by atoms with Crippen molar-refractivity contribution in [2.45, 2.75) is 18.9 Å². The van der Waals surface area contributed by atoms with Gasteiger partial charge in [-0.2, -0.15) is 0 Å². The minimum atomic E-state index is -3.01. The molecular formula is C7H12O4S. The van der Waals surface area contributed by atoms with E-state index >= 15 is 0 Å². The lowest BCUT2D eigenvalue weighted by Crippen LogP contribution is -2.36. The number of aliphatic hydroxyl groups excluding tert-OH is 1. The molecule has 1 fully saturated rings. The van der Waals surface area contributed by atoms with Crippen molar-refractivity contribution in [3.63, 3.8) is 0 Å². The summed E-state index contributed by atoms with van der Waals surface area (Å²) in [6, 6.07) is 0. The number of aliphatic hydroxyl groups is 1. The summed E-state index contributed by atoms with van der Waals surface area (Å²) >= 11 is 0. The van der Waals surface area contributed by atoms with Crippen LogP contribution in [0.2, 0.25) is 0 Å². The van der Waals surface area contributed by atoms with E-state index in [4.69, 9.17) is 0 Å². The van der Waals surface area contributed by atoms with Gasteiger partial charge in [0.1, 0.15) is 6.29 Å². The van der Waals surface area contributed by atoms with Gasteiger partial charge in [-0.25, -0.2) is 8.42 Å². The van der Waals surface area contributed by atoms with Crippen LogP contribution in [0.5, 0.6) is 0 Å². The summed E-state index contributed by atoms with van der Waals surface area (Å²) in [5.74, 6) is -0.391. The zero-order valence-corrected chi connectivity index (χ0v) is 7.46. The maximum atomic E-state index is 11.1. The van der Waals surface area contributed by atoms with Gasteiger partial charge in [-0.15, -0.1) is 0 Å². The molecule has 1 aliphatic rings. The Labute approximate surface area is 71.5 Å². The van der Waals surface area contributed by atoms with Crippen molar-refractivity contribution < 1.29 is 18.3 Å². The van der Waals surface area contributed by atoms with E-state index < -0.39 is 15.9 Å². The first-order chi connectivity index (χ1) is 5.55. The van der Waals surface area contributed by atoms with E-state index in [0.717, 1.165) is 0 Å². The molecule has 0 aromatic rings. The lowest BCUT2D eigenvalue weighted by molar-refractivity contribution is -0.109. The Morgan fingerprint density at radius 2 is 2.17 bits per heavy atom. The van der Waals surface area contributed by atoms with Crippen molar-refractivity contribution in [2.75, 3.05) is 11.5 Å². The SMILES string of the molecule is O=CCC1CS(=O)(=O)CCC1O. The molecule has 0 aliphatic carbocycles. The van der Waals surface area contributed by atoms with Crippen molar-refractivity contribution in [2.24, 2.45) is 5.92 Å². The highest BCUT2D eigenvalue weighted by Gasteiger charge is 2.31. The normalized spacial score (nSPS) is 34.4. The van der Waals surface area contributed by atoms with Crippen molar-refractivity contribution >= 4 is 16.1 Å². The quantitative estimate of drug-likeness (QED) is 0.591. The third kappa shape index (κ3) is 2.28. The lowest BCUT2D eigenvalue weighted by Gasteiger charge is -2.25. The summed E-state index contributed by atoms with van der Waals surface area (Å²) in [5, 5.41) is 9.31. The Morgan fingerprint density at radius 1 is 1.50 bits per heavy atom. The van der Waals surface area contributed by atoms with Gasteiger partial charge in [0.25, 0.3) is 0 Å². The zero-order valence-electron chi connectivity index (χ0n) is 6.64. The van der Waals surface area contributed by atoms with Crippen molar-refractivity contribution in [1.29, 1.82) is 0 Å². The van der Waals surface area contributed by atoms with E-state index in [9.17, 15) is 18.3 Å². The van der Waals surface area contributed by atoms with E-state index in [-0.39, 0.29) is 30.3 Å². The third-order valence-electron chi connectivity index (χ3n) is 2.14. The summed E-state index contributed by atoms with van der Waals surface area (Å²) in [7, 11) is -3.01. The van der Waals surface area contributed by atoms with E-state index in [1.807, 2.05) is 0 Å². The van der Waals surface area contributed by atoms with Gasteiger partial charge in [-0.3, -0.25) is 0 Å². The van der Waals surface area contributed by atoms with E-state index in [1.54, 1.807) is 0 Å². The highest BCUT2D eigenvalue weighted by Crippen LogP contribution is 2.20. The third-order valence-corrected chi connectivity index (χ3v) is 3.93. The van der Waals surface area contributed by atoms with Gasteiger partial charge < -0.3 is 9.90 Å². The number of aldehydes is 1. The van der Waals surface area contributed by atoms with Crippen LogP contribution in [0, 0.1) is 5.92 Å². The van der Waals surface area contributed by atoms with Crippen LogP contribution < -0.4 is 0 Å². The molecule has 4 nitrogen and oxygen atoms in total. The maximum absolute atomic E-state index is 11.1. The number of hydrogen-bond donors (Lipinski definition) is 1. The van der Waals surface area contributed by atoms with E-state index in [0.29, 0.717) is 6.29 Å². The number of rotatable bonds is 2. The standard InChI is InChI=1S/C7H12O4S/c8-3-1-6-5-12(10,11)4-2-7(6)9/h3,6-7,9H,1-2,4-5H2. The summed E-state index contributed by atoms with van der Waals surface area (Å²) in [6.07, 6.45) is 0.439. The van der Waals surface area contributed by atoms with Gasteiger partial charge in [0, 0.05) is 12.3 Å². The molecule has 0 spiro atoms. The maximum Gasteiger partial charge on any atom is 0.150 e. The topological polar surface area (TPSA) is 71.4 Å².